The molecule has 4 aromatic rings. The number of nitrogens with zero attached hydrogens (tertiary/aromatic N) is 4. The second-order valence-electron chi connectivity index (χ2n) is 6.44. The van der Waals surface area contributed by atoms with Crippen molar-refractivity contribution in [3.63, 3.8) is 0 Å². The zero-order chi connectivity index (χ0) is 23.6. The number of hydrogen-bond acceptors (Lipinski definition) is 8. The maximum Gasteiger partial charge on any atom is 0.378 e. The van der Waals surface area contributed by atoms with E-state index in [9.17, 15) is 9.59 Å². The third kappa shape index (κ3) is 6.41. The highest BCUT2D eigenvalue weighted by Gasteiger charge is 2.12. The van der Waals surface area contributed by atoms with Crippen LogP contribution in [0.2, 0.25) is 5.02 Å². The van der Waals surface area contributed by atoms with Crippen LogP contribution in [0.1, 0.15) is 21.1 Å². The van der Waals surface area contributed by atoms with Crippen LogP contribution >= 0.6 is 11.6 Å². The monoisotopic (exact) mass is 462 g/mol. The smallest absolute Gasteiger partial charge is 0.378 e. The molecule has 0 aliphatic rings. The van der Waals surface area contributed by atoms with Gasteiger partial charge in [0, 0.05) is 16.1 Å². The molecule has 0 radical (unpaired) electrons. The van der Waals surface area contributed by atoms with Crippen LogP contribution in [-0.4, -0.2) is 46.3 Å². The molecule has 0 aliphatic carbocycles. The molecule has 0 saturated carbocycles. The summed E-state index contributed by atoms with van der Waals surface area (Å²) in [5.74, 6) is -1.13. The summed E-state index contributed by atoms with van der Waals surface area (Å²) in [6, 6.07) is 22.1. The molecule has 0 unspecified atom stereocenters. The van der Waals surface area contributed by atoms with E-state index in [2.05, 4.69) is 29.6 Å². The van der Waals surface area contributed by atoms with Crippen molar-refractivity contribution < 1.29 is 19.1 Å². The molecule has 0 atom stereocenters. The van der Waals surface area contributed by atoms with E-state index in [-0.39, 0.29) is 11.5 Å². The van der Waals surface area contributed by atoms with E-state index >= 15 is 0 Å². The van der Waals surface area contributed by atoms with Crippen LogP contribution in [0.25, 0.3) is 22.5 Å². The van der Waals surface area contributed by atoms with Crippen LogP contribution in [0.5, 0.6) is 0 Å². The molecule has 0 N–H and O–H groups in total. The minimum absolute atomic E-state index is 0.0381. The summed E-state index contributed by atoms with van der Waals surface area (Å²) in [4.78, 5) is 30.9. The molecule has 8 nitrogen and oxygen atoms in total. The molecule has 0 aliphatic heterocycles. The highest BCUT2D eigenvalue weighted by Crippen LogP contribution is 2.22. The van der Waals surface area contributed by atoms with Gasteiger partial charge in [0.1, 0.15) is 0 Å². The Bertz CT molecular complexity index is 1240. The molecular weight excluding hydrogens is 444 g/mol. The lowest BCUT2D eigenvalue weighted by atomic mass is 10.1. The summed E-state index contributed by atoms with van der Waals surface area (Å²) in [5.41, 5.74) is 3.23. The first-order valence-corrected chi connectivity index (χ1v) is 10.0. The van der Waals surface area contributed by atoms with Gasteiger partial charge in [0.05, 0.1) is 31.8 Å². The number of ether oxygens (including phenoxy) is 2. The van der Waals surface area contributed by atoms with Crippen LogP contribution in [0, 0.1) is 0 Å². The molecule has 0 bridgehead atoms. The molecule has 0 spiro atoms. The van der Waals surface area contributed by atoms with Gasteiger partial charge in [0.15, 0.2) is 5.69 Å². The number of pyridine rings is 1. The van der Waals surface area contributed by atoms with E-state index in [0.29, 0.717) is 16.4 Å². The maximum absolute atomic E-state index is 11.4. The third-order valence-corrected chi connectivity index (χ3v) is 4.47. The van der Waals surface area contributed by atoms with E-state index < -0.39 is 11.9 Å². The van der Waals surface area contributed by atoms with E-state index in [1.54, 1.807) is 6.07 Å². The Labute approximate surface area is 195 Å². The minimum atomic E-state index is -0.592. The molecule has 2 heterocycles. The second kappa shape index (κ2) is 11.4. The average Bonchev–Trinajstić information content (AvgIpc) is 2.89. The molecule has 4 rings (SSSR count). The lowest BCUT2D eigenvalue weighted by Crippen LogP contribution is -2.09. The van der Waals surface area contributed by atoms with Crippen LogP contribution in [0.15, 0.2) is 79.0 Å². The minimum Gasteiger partial charge on any atom is -0.464 e. The van der Waals surface area contributed by atoms with Gasteiger partial charge in [0.2, 0.25) is 0 Å². The van der Waals surface area contributed by atoms with Crippen molar-refractivity contribution in [2.75, 3.05) is 14.2 Å². The van der Waals surface area contributed by atoms with Gasteiger partial charge >= 0.3 is 11.9 Å². The van der Waals surface area contributed by atoms with Gasteiger partial charge in [-0.05, 0) is 12.1 Å². The van der Waals surface area contributed by atoms with Crippen LogP contribution < -0.4 is 0 Å². The topological polar surface area (TPSA) is 104 Å². The zero-order valence-corrected chi connectivity index (χ0v) is 18.6. The Kier molecular flexibility index (Phi) is 8.15. The lowest BCUT2D eigenvalue weighted by Gasteiger charge is -2.04. The van der Waals surface area contributed by atoms with Crippen molar-refractivity contribution in [2.45, 2.75) is 0 Å². The first-order valence-electron chi connectivity index (χ1n) is 9.66. The van der Waals surface area contributed by atoms with E-state index in [1.807, 2.05) is 60.7 Å². The first kappa shape index (κ1) is 23.5. The van der Waals surface area contributed by atoms with Gasteiger partial charge in [0.25, 0.3) is 5.82 Å². The van der Waals surface area contributed by atoms with Gasteiger partial charge in [-0.1, -0.05) is 72.3 Å². The van der Waals surface area contributed by atoms with Gasteiger partial charge in [-0.3, -0.25) is 0 Å². The Morgan fingerprint density at radius 1 is 0.758 bits per heavy atom. The quantitative estimate of drug-likeness (QED) is 0.408. The number of methoxy groups -OCH3 is 2. The van der Waals surface area contributed by atoms with E-state index in [4.69, 9.17) is 11.6 Å². The molecule has 2 aromatic carbocycles. The molecule has 0 amide bonds. The SMILES string of the molecule is COC(=O)c1cc(Cl)cc(-c2ccccc2)n1.COC(=O)c1nncc(-c2ccccc2)n1. The Morgan fingerprint density at radius 2 is 1.33 bits per heavy atom. The predicted octanol–water partition coefficient (Wildman–Crippen LogP) is 4.51. The molecule has 33 heavy (non-hydrogen) atoms. The van der Waals surface area contributed by atoms with Crippen molar-refractivity contribution >= 4 is 23.5 Å². The second-order valence-corrected chi connectivity index (χ2v) is 6.87. The summed E-state index contributed by atoms with van der Waals surface area (Å²) < 4.78 is 9.15. The summed E-state index contributed by atoms with van der Waals surface area (Å²) >= 11 is 5.95. The molecule has 0 fully saturated rings. The third-order valence-electron chi connectivity index (χ3n) is 4.25. The van der Waals surface area contributed by atoms with Gasteiger partial charge in [-0.15, -0.1) is 5.10 Å². The number of benzene rings is 2. The summed E-state index contributed by atoms with van der Waals surface area (Å²) in [5, 5.41) is 7.77. The highest BCUT2D eigenvalue weighted by atomic mass is 35.5. The van der Waals surface area contributed by atoms with Crippen molar-refractivity contribution in [3.8, 4) is 22.5 Å². The summed E-state index contributed by atoms with van der Waals surface area (Å²) in [7, 11) is 2.59. The fourth-order valence-electron chi connectivity index (χ4n) is 2.69. The number of carbonyl (C=O) groups is 2. The van der Waals surface area contributed by atoms with E-state index in [1.165, 1.54) is 26.5 Å². The Hall–Kier alpha value is -4.17. The number of rotatable bonds is 4. The average molecular weight is 463 g/mol. The van der Waals surface area contributed by atoms with Gasteiger partial charge in [-0.2, -0.15) is 5.10 Å². The van der Waals surface area contributed by atoms with Crippen LogP contribution in [0.4, 0.5) is 0 Å². The number of esters is 2. The van der Waals surface area contributed by atoms with Gasteiger partial charge in [-0.25, -0.2) is 19.6 Å². The maximum atomic E-state index is 11.4. The van der Waals surface area contributed by atoms with Crippen molar-refractivity contribution in [1.29, 1.82) is 0 Å². The summed E-state index contributed by atoms with van der Waals surface area (Å²) in [6.07, 6.45) is 1.50. The largest absolute Gasteiger partial charge is 0.464 e. The first-order chi connectivity index (χ1) is 16.0. The summed E-state index contributed by atoms with van der Waals surface area (Å²) in [6.45, 7) is 0. The van der Waals surface area contributed by atoms with Crippen LogP contribution in [0.3, 0.4) is 0 Å². The predicted molar refractivity (Wildman–Crippen MR) is 123 cm³/mol. The van der Waals surface area contributed by atoms with Crippen molar-refractivity contribution in [2.24, 2.45) is 0 Å². The molecule has 0 saturated heterocycles. The number of carbonyl (C=O) groups excluding carboxylic acids is 2. The number of halogens is 1. The molecule has 166 valence electrons. The van der Waals surface area contributed by atoms with Gasteiger partial charge < -0.3 is 9.47 Å². The Balaban J connectivity index is 0.000000186. The lowest BCUT2D eigenvalue weighted by molar-refractivity contribution is 0.0580. The molecule has 2 aromatic heterocycles. The molecule has 9 heteroatoms. The van der Waals surface area contributed by atoms with E-state index in [0.717, 1.165) is 11.1 Å². The van der Waals surface area contributed by atoms with Crippen molar-refractivity contribution in [1.82, 2.24) is 20.2 Å². The standard InChI is InChI=1S/C13H10ClNO2.C11H9N3O2/c1-17-13(16)12-8-10(14)7-11(15-12)9-5-3-2-4-6-9;1-16-11(15)10-13-9(7-12-14-10)8-5-3-2-4-6-8/h2-8H,1H3;2-7H,1H3. The molecular formula is C24H19ClN4O4. The Morgan fingerprint density at radius 3 is 1.91 bits per heavy atom. The number of hydrogen-bond donors (Lipinski definition) is 0. The van der Waals surface area contributed by atoms with Crippen molar-refractivity contribution in [3.05, 3.63) is 95.5 Å². The fourth-order valence-corrected chi connectivity index (χ4v) is 2.90. The fraction of sp³-hybridized carbons (Fsp3) is 0.0833. The van der Waals surface area contributed by atoms with Crippen LogP contribution in [-0.2, 0) is 9.47 Å². The highest BCUT2D eigenvalue weighted by molar-refractivity contribution is 6.31. The number of aromatic nitrogens is 4. The normalized spacial score (nSPS) is 9.91. The zero-order valence-electron chi connectivity index (χ0n) is 17.8.